The molecular formula is C36H54N4O6. The molecule has 10 heteroatoms. The average Bonchev–Trinajstić information content (AvgIpc) is 3.71. The molecule has 1 aromatic heterocycles. The van der Waals surface area contributed by atoms with E-state index in [-0.39, 0.29) is 30.2 Å². The van der Waals surface area contributed by atoms with E-state index < -0.39 is 52.0 Å². The van der Waals surface area contributed by atoms with Gasteiger partial charge >= 0.3 is 11.9 Å². The number of nitrogens with two attached hydrogens (primary N) is 1. The highest BCUT2D eigenvalue weighted by Gasteiger charge is 2.75. The van der Waals surface area contributed by atoms with Gasteiger partial charge in [0, 0.05) is 25.0 Å². The molecule has 5 fully saturated rings. The van der Waals surface area contributed by atoms with E-state index in [1.165, 1.54) is 18.1 Å². The molecule has 0 aliphatic heterocycles. The number of carbonyl (C=O) groups excluding carboxylic acids is 1. The van der Waals surface area contributed by atoms with Crippen molar-refractivity contribution < 1.29 is 29.6 Å². The van der Waals surface area contributed by atoms with Crippen molar-refractivity contribution in [1.29, 1.82) is 0 Å². The van der Waals surface area contributed by atoms with Crippen LogP contribution in [0, 0.1) is 39.9 Å². The number of carboxylic acid groups (broad SMARTS) is 1. The standard InChI is InChI=1S/C36H54N4O6/c1-19(2)22-8-9-23(14-22)29(32(44)45)30-25-15-27(43)31-33(5,35(25,7)16-28(30)46-21(4)41)12-13-36(40-18-24(17-37)38-39-40)20(3)26(42)10-11-34(31,36)6/h18,20,23,25-28,31,42-43H,8-17,37H2,1-7H3,(H,44,45)/b30-29-/t20-,23?,25+,26-,27-,28+,31-,33+,34-,35+,36-/m1/s1. The highest BCUT2D eigenvalue weighted by Crippen LogP contribution is 2.76. The van der Waals surface area contributed by atoms with E-state index in [2.05, 4.69) is 51.9 Å². The minimum atomic E-state index is -0.940. The van der Waals surface area contributed by atoms with Crippen molar-refractivity contribution >= 4 is 11.9 Å². The van der Waals surface area contributed by atoms with Crippen LogP contribution >= 0.6 is 0 Å². The van der Waals surface area contributed by atoms with Gasteiger partial charge in [0.25, 0.3) is 0 Å². The topological polar surface area (TPSA) is 161 Å². The lowest BCUT2D eigenvalue weighted by Gasteiger charge is -2.72. The molecular weight excluding hydrogens is 584 g/mol. The lowest BCUT2D eigenvalue weighted by Crippen LogP contribution is -2.72. The van der Waals surface area contributed by atoms with Crippen LogP contribution in [0.2, 0.25) is 0 Å². The van der Waals surface area contributed by atoms with Crippen LogP contribution in [0.5, 0.6) is 0 Å². The van der Waals surface area contributed by atoms with Crippen molar-refractivity contribution in [2.75, 3.05) is 0 Å². The number of nitrogens with zero attached hydrogens (tertiary/aromatic N) is 3. The van der Waals surface area contributed by atoms with Gasteiger partial charge in [-0.2, -0.15) is 0 Å². The fourth-order valence-electron chi connectivity index (χ4n) is 12.0. The Hall–Kier alpha value is -2.56. The molecule has 11 atom stereocenters. The third-order valence-electron chi connectivity index (χ3n) is 14.4. The Kier molecular flexibility index (Phi) is 8.16. The number of carbonyl (C=O) groups is 2. The molecule has 1 heterocycles. The Labute approximate surface area is 272 Å². The average molecular weight is 639 g/mol. The summed E-state index contributed by atoms with van der Waals surface area (Å²) in [6.07, 6.45) is 6.06. The SMILES string of the molecule is CC(=O)O[C@H]1C[C@@]2(C)[C@@H](C[C@@H](O)[C@@H]3[C@]2(C)CC[C@@]2(n4cc(CN)nn4)[C@H](C)[C@H](O)CC[C@]32C)/C1=C(/C(=O)O)C1CCC(=C(C)C)C1. The normalized spacial score (nSPS) is 44.7. The van der Waals surface area contributed by atoms with Crippen molar-refractivity contribution in [2.45, 2.75) is 137 Å². The minimum absolute atomic E-state index is 0.140. The molecule has 0 amide bonds. The van der Waals surface area contributed by atoms with E-state index in [9.17, 15) is 24.9 Å². The summed E-state index contributed by atoms with van der Waals surface area (Å²) in [5, 5.41) is 43.6. The van der Waals surface area contributed by atoms with Crippen molar-refractivity contribution in [3.63, 3.8) is 0 Å². The third kappa shape index (κ3) is 4.45. The number of fused-ring (bicyclic) bond motifs is 5. The first kappa shape index (κ1) is 33.3. The van der Waals surface area contributed by atoms with Crippen LogP contribution in [0.25, 0.3) is 0 Å². The quantitative estimate of drug-likeness (QED) is 0.200. The van der Waals surface area contributed by atoms with Crippen LogP contribution in [0.15, 0.2) is 28.5 Å². The molecule has 254 valence electrons. The lowest BCUT2D eigenvalue weighted by atomic mass is 9.34. The van der Waals surface area contributed by atoms with Gasteiger partial charge in [-0.3, -0.25) is 4.79 Å². The molecule has 5 N–H and O–H groups in total. The molecule has 5 aliphatic carbocycles. The number of allylic oxidation sites excluding steroid dienone is 2. The van der Waals surface area contributed by atoms with E-state index in [4.69, 9.17) is 10.5 Å². The van der Waals surface area contributed by atoms with E-state index in [0.717, 1.165) is 24.8 Å². The summed E-state index contributed by atoms with van der Waals surface area (Å²) in [6, 6.07) is 0. The molecule has 5 aliphatic rings. The maximum absolute atomic E-state index is 13.2. The fourth-order valence-corrected chi connectivity index (χ4v) is 12.0. The van der Waals surface area contributed by atoms with Crippen LogP contribution in [-0.4, -0.2) is 60.6 Å². The molecule has 0 spiro atoms. The predicted molar refractivity (Wildman–Crippen MR) is 172 cm³/mol. The Morgan fingerprint density at radius 2 is 1.76 bits per heavy atom. The molecule has 6 rings (SSSR count). The summed E-state index contributed by atoms with van der Waals surface area (Å²) in [4.78, 5) is 25.8. The summed E-state index contributed by atoms with van der Waals surface area (Å²) in [6.45, 7) is 14.8. The number of hydrogen-bond donors (Lipinski definition) is 4. The number of hydrogen-bond acceptors (Lipinski definition) is 8. The van der Waals surface area contributed by atoms with Crippen LogP contribution < -0.4 is 5.73 Å². The zero-order chi connectivity index (χ0) is 33.6. The van der Waals surface area contributed by atoms with Crippen LogP contribution in [0.4, 0.5) is 0 Å². The smallest absolute Gasteiger partial charge is 0.331 e. The maximum atomic E-state index is 13.2. The first-order valence-electron chi connectivity index (χ1n) is 17.3. The van der Waals surface area contributed by atoms with E-state index in [0.29, 0.717) is 49.8 Å². The number of carboxylic acids is 1. The molecule has 1 aromatic rings. The monoisotopic (exact) mass is 638 g/mol. The first-order chi connectivity index (χ1) is 21.6. The number of aromatic nitrogens is 3. The summed E-state index contributed by atoms with van der Waals surface area (Å²) >= 11 is 0. The van der Waals surface area contributed by atoms with Crippen molar-refractivity contribution in [1.82, 2.24) is 15.0 Å². The maximum Gasteiger partial charge on any atom is 0.331 e. The minimum Gasteiger partial charge on any atom is -0.478 e. The molecule has 0 radical (unpaired) electrons. The third-order valence-corrected chi connectivity index (χ3v) is 14.4. The molecule has 1 unspecified atom stereocenters. The predicted octanol–water partition coefficient (Wildman–Crippen LogP) is 4.89. The summed E-state index contributed by atoms with van der Waals surface area (Å²) < 4.78 is 8.00. The molecule has 0 aromatic carbocycles. The van der Waals surface area contributed by atoms with Gasteiger partial charge in [0.05, 0.1) is 29.6 Å². The van der Waals surface area contributed by atoms with Gasteiger partial charge in [0.2, 0.25) is 0 Å². The van der Waals surface area contributed by atoms with Gasteiger partial charge in [-0.05, 0) is 111 Å². The second-order valence-corrected chi connectivity index (χ2v) is 16.3. The summed E-state index contributed by atoms with van der Waals surface area (Å²) in [5.41, 5.74) is 8.40. The van der Waals surface area contributed by atoms with Gasteiger partial charge in [-0.15, -0.1) is 5.10 Å². The van der Waals surface area contributed by atoms with Crippen LogP contribution in [0.3, 0.4) is 0 Å². The first-order valence-corrected chi connectivity index (χ1v) is 17.3. The molecule has 10 nitrogen and oxygen atoms in total. The Bertz CT molecular complexity index is 1480. The zero-order valence-electron chi connectivity index (χ0n) is 28.7. The van der Waals surface area contributed by atoms with Gasteiger partial charge in [0.1, 0.15) is 6.10 Å². The second-order valence-electron chi connectivity index (χ2n) is 16.3. The molecule has 0 saturated heterocycles. The Morgan fingerprint density at radius 1 is 1.04 bits per heavy atom. The van der Waals surface area contributed by atoms with Gasteiger partial charge < -0.3 is 25.8 Å². The van der Waals surface area contributed by atoms with Gasteiger partial charge in [0.15, 0.2) is 0 Å². The van der Waals surface area contributed by atoms with Crippen molar-refractivity contribution in [3.05, 3.63) is 34.2 Å². The molecule has 5 saturated carbocycles. The van der Waals surface area contributed by atoms with Crippen LogP contribution in [-0.2, 0) is 26.4 Å². The highest BCUT2D eigenvalue weighted by molar-refractivity contribution is 5.89. The van der Waals surface area contributed by atoms with E-state index in [1.54, 1.807) is 0 Å². The molecule has 46 heavy (non-hydrogen) atoms. The van der Waals surface area contributed by atoms with Crippen molar-refractivity contribution in [2.24, 2.45) is 45.7 Å². The number of rotatable bonds is 5. The summed E-state index contributed by atoms with van der Waals surface area (Å²) in [7, 11) is 0. The number of esters is 1. The highest BCUT2D eigenvalue weighted by atomic mass is 16.5. The molecule has 0 bridgehead atoms. The number of aliphatic carboxylic acids is 1. The fraction of sp³-hybridized carbons (Fsp3) is 0.778. The van der Waals surface area contributed by atoms with Gasteiger partial charge in [-0.1, -0.05) is 44.1 Å². The second kappa shape index (κ2) is 11.3. The zero-order valence-corrected chi connectivity index (χ0v) is 28.7. The Morgan fingerprint density at radius 3 is 2.35 bits per heavy atom. The van der Waals surface area contributed by atoms with E-state index >= 15 is 0 Å². The van der Waals surface area contributed by atoms with Crippen molar-refractivity contribution in [3.8, 4) is 0 Å². The summed E-state index contributed by atoms with van der Waals surface area (Å²) in [5.74, 6) is -2.07. The van der Waals surface area contributed by atoms with Crippen LogP contribution in [0.1, 0.15) is 112 Å². The Balaban J connectivity index is 1.51. The van der Waals surface area contributed by atoms with E-state index in [1.807, 2.05) is 10.9 Å². The van der Waals surface area contributed by atoms with Gasteiger partial charge in [-0.25, -0.2) is 9.48 Å². The number of aliphatic hydroxyl groups is 2. The number of ether oxygens (including phenoxy) is 1. The lowest BCUT2D eigenvalue weighted by molar-refractivity contribution is -0.264. The number of aliphatic hydroxyl groups excluding tert-OH is 2. The largest absolute Gasteiger partial charge is 0.478 e.